The van der Waals surface area contributed by atoms with Crippen molar-refractivity contribution in [3.8, 4) is 5.75 Å². The van der Waals surface area contributed by atoms with Gasteiger partial charge in [0.2, 0.25) is 0 Å². The summed E-state index contributed by atoms with van der Waals surface area (Å²) in [5, 5.41) is 10.7. The topological polar surface area (TPSA) is 92.3 Å². The molecule has 0 unspecified atom stereocenters. The van der Waals surface area contributed by atoms with Crippen LogP contribution >= 0.6 is 22.9 Å². The quantitative estimate of drug-likeness (QED) is 0.667. The molecule has 26 heavy (non-hydrogen) atoms. The number of aromatic amines is 1. The summed E-state index contributed by atoms with van der Waals surface area (Å²) in [6, 6.07) is 4.12. The fraction of sp³-hybridized carbons (Fsp3) is 0.278. The van der Waals surface area contributed by atoms with Crippen molar-refractivity contribution >= 4 is 39.1 Å². The number of H-pyrrole nitrogens is 1. The van der Waals surface area contributed by atoms with E-state index < -0.39 is 5.97 Å². The number of aromatic hydroxyl groups is 1. The van der Waals surface area contributed by atoms with Gasteiger partial charge in [-0.2, -0.15) is 0 Å². The highest BCUT2D eigenvalue weighted by Gasteiger charge is 2.20. The smallest absolute Gasteiger partial charge is 0.342 e. The molecule has 1 aliphatic rings. The zero-order valence-electron chi connectivity index (χ0n) is 13.7. The first-order valence-corrected chi connectivity index (χ1v) is 9.41. The molecule has 0 saturated heterocycles. The fourth-order valence-corrected chi connectivity index (χ4v) is 4.61. The first kappa shape index (κ1) is 17.1. The van der Waals surface area contributed by atoms with E-state index in [1.165, 1.54) is 34.4 Å². The molecule has 0 saturated carbocycles. The summed E-state index contributed by atoms with van der Waals surface area (Å²) in [6.45, 7) is -0.196. The molecule has 3 aromatic rings. The molecule has 0 amide bonds. The summed E-state index contributed by atoms with van der Waals surface area (Å²) >= 11 is 7.37. The Hall–Kier alpha value is -2.38. The molecular weight excluding hydrogens is 376 g/mol. The molecule has 0 spiro atoms. The number of hydrogen-bond donors (Lipinski definition) is 2. The number of esters is 1. The number of halogens is 1. The van der Waals surface area contributed by atoms with Crippen LogP contribution in [0, 0.1) is 0 Å². The Morgan fingerprint density at radius 3 is 3.00 bits per heavy atom. The number of hydrogen-bond acceptors (Lipinski definition) is 6. The van der Waals surface area contributed by atoms with Crippen LogP contribution in [-0.4, -0.2) is 21.0 Å². The normalized spacial score (nSPS) is 13.6. The fourth-order valence-electron chi connectivity index (χ4n) is 3.16. The summed E-state index contributed by atoms with van der Waals surface area (Å²) in [5.41, 5.74) is 0.871. The van der Waals surface area contributed by atoms with Crippen molar-refractivity contribution in [2.75, 3.05) is 0 Å². The molecule has 0 bridgehead atoms. The average Bonchev–Trinajstić information content (AvgIpc) is 3.00. The lowest BCUT2D eigenvalue weighted by atomic mass is 9.97. The Labute approximate surface area is 157 Å². The number of phenols is 1. The standard InChI is InChI=1S/C18H15ClN2O4S/c19-9-5-6-12(22)11(7-9)18(24)25-8-14-20-16(23)15-10-3-1-2-4-13(10)26-17(15)21-14/h5-7,22H,1-4,8H2,(H,20,21,23). The number of carbonyl (C=O) groups excluding carboxylic acids is 1. The van der Waals surface area contributed by atoms with Crippen LogP contribution in [0.1, 0.15) is 39.5 Å². The van der Waals surface area contributed by atoms with E-state index in [4.69, 9.17) is 16.3 Å². The number of ether oxygens (including phenoxy) is 1. The second-order valence-electron chi connectivity index (χ2n) is 6.14. The first-order chi connectivity index (χ1) is 12.5. The maximum atomic E-state index is 12.5. The molecule has 0 atom stereocenters. The van der Waals surface area contributed by atoms with Gasteiger partial charge in [-0.05, 0) is 49.4 Å². The SMILES string of the molecule is O=C(OCc1nc2sc3c(c2c(=O)[nH]1)CCCC3)c1cc(Cl)ccc1O. The van der Waals surface area contributed by atoms with Gasteiger partial charge in [0.15, 0.2) is 0 Å². The molecule has 0 aliphatic heterocycles. The van der Waals surface area contributed by atoms with Gasteiger partial charge in [-0.1, -0.05) is 11.6 Å². The van der Waals surface area contributed by atoms with E-state index in [0.717, 1.165) is 31.2 Å². The van der Waals surface area contributed by atoms with Gasteiger partial charge < -0.3 is 14.8 Å². The third-order valence-corrected chi connectivity index (χ3v) is 5.81. The van der Waals surface area contributed by atoms with E-state index in [1.54, 1.807) is 0 Å². The van der Waals surface area contributed by atoms with Crippen molar-refractivity contribution in [2.24, 2.45) is 0 Å². The molecular formula is C18H15ClN2O4S. The minimum atomic E-state index is -0.738. The molecule has 8 heteroatoms. The zero-order valence-corrected chi connectivity index (χ0v) is 15.2. The number of rotatable bonds is 3. The summed E-state index contributed by atoms with van der Waals surface area (Å²) in [5.74, 6) is -0.684. The predicted octanol–water partition coefficient (Wildman–Crippen LogP) is 3.58. The van der Waals surface area contributed by atoms with Crippen LogP contribution in [0.2, 0.25) is 5.02 Å². The number of phenolic OH excluding ortho intramolecular Hbond substituents is 1. The molecule has 0 fully saturated rings. The van der Waals surface area contributed by atoms with E-state index in [0.29, 0.717) is 15.2 Å². The number of nitrogens with one attached hydrogen (secondary N) is 1. The van der Waals surface area contributed by atoms with Crippen LogP contribution in [0.3, 0.4) is 0 Å². The monoisotopic (exact) mass is 390 g/mol. The van der Waals surface area contributed by atoms with Gasteiger partial charge in [-0.15, -0.1) is 11.3 Å². The van der Waals surface area contributed by atoms with Crippen LogP contribution in [0.25, 0.3) is 10.2 Å². The minimum Gasteiger partial charge on any atom is -0.507 e. The lowest BCUT2D eigenvalue weighted by Crippen LogP contribution is -2.15. The molecule has 2 N–H and O–H groups in total. The van der Waals surface area contributed by atoms with Crippen LogP contribution < -0.4 is 5.56 Å². The number of benzene rings is 1. The molecule has 1 aromatic carbocycles. The summed E-state index contributed by atoms with van der Waals surface area (Å²) < 4.78 is 5.17. The van der Waals surface area contributed by atoms with Gasteiger partial charge in [-0.3, -0.25) is 4.79 Å². The van der Waals surface area contributed by atoms with E-state index in [9.17, 15) is 14.7 Å². The zero-order chi connectivity index (χ0) is 18.3. The number of aromatic nitrogens is 2. The lowest BCUT2D eigenvalue weighted by Gasteiger charge is -2.09. The largest absolute Gasteiger partial charge is 0.507 e. The van der Waals surface area contributed by atoms with E-state index in [-0.39, 0.29) is 29.3 Å². The predicted molar refractivity (Wildman–Crippen MR) is 99.1 cm³/mol. The molecule has 1 aliphatic carbocycles. The van der Waals surface area contributed by atoms with Gasteiger partial charge in [-0.25, -0.2) is 9.78 Å². The number of fused-ring (bicyclic) bond motifs is 3. The maximum absolute atomic E-state index is 12.5. The van der Waals surface area contributed by atoms with Crippen LogP contribution in [0.5, 0.6) is 5.75 Å². The van der Waals surface area contributed by atoms with Crippen molar-refractivity contribution in [1.29, 1.82) is 0 Å². The highest BCUT2D eigenvalue weighted by Crippen LogP contribution is 2.33. The van der Waals surface area contributed by atoms with Crippen molar-refractivity contribution in [1.82, 2.24) is 9.97 Å². The Kier molecular flexibility index (Phi) is 4.42. The summed E-state index contributed by atoms with van der Waals surface area (Å²) in [6.07, 6.45) is 4.10. The summed E-state index contributed by atoms with van der Waals surface area (Å²) in [7, 11) is 0. The van der Waals surface area contributed by atoms with Crippen molar-refractivity contribution in [2.45, 2.75) is 32.3 Å². The highest BCUT2D eigenvalue weighted by atomic mass is 35.5. The van der Waals surface area contributed by atoms with Gasteiger partial charge in [0.25, 0.3) is 5.56 Å². The number of carbonyl (C=O) groups is 1. The van der Waals surface area contributed by atoms with Gasteiger partial charge in [0, 0.05) is 9.90 Å². The van der Waals surface area contributed by atoms with Crippen LogP contribution in [0.15, 0.2) is 23.0 Å². The van der Waals surface area contributed by atoms with Crippen molar-refractivity contribution in [3.63, 3.8) is 0 Å². The van der Waals surface area contributed by atoms with E-state index in [1.807, 2.05) is 0 Å². The first-order valence-electron chi connectivity index (χ1n) is 8.22. The van der Waals surface area contributed by atoms with Gasteiger partial charge >= 0.3 is 5.97 Å². The van der Waals surface area contributed by atoms with Crippen molar-refractivity contribution in [3.05, 3.63) is 55.4 Å². The summed E-state index contributed by atoms with van der Waals surface area (Å²) in [4.78, 5) is 33.6. The molecule has 0 radical (unpaired) electrons. The molecule has 6 nitrogen and oxygen atoms in total. The third-order valence-electron chi connectivity index (χ3n) is 4.39. The van der Waals surface area contributed by atoms with E-state index in [2.05, 4.69) is 9.97 Å². The minimum absolute atomic E-state index is 0.0347. The van der Waals surface area contributed by atoms with Crippen LogP contribution in [0.4, 0.5) is 0 Å². The maximum Gasteiger partial charge on any atom is 0.342 e. The molecule has 134 valence electrons. The lowest BCUT2D eigenvalue weighted by molar-refractivity contribution is 0.0459. The Balaban J connectivity index is 1.59. The van der Waals surface area contributed by atoms with Gasteiger partial charge in [0.1, 0.15) is 28.6 Å². The number of thiophene rings is 1. The Morgan fingerprint density at radius 2 is 2.15 bits per heavy atom. The highest BCUT2D eigenvalue weighted by molar-refractivity contribution is 7.18. The third kappa shape index (κ3) is 3.08. The van der Waals surface area contributed by atoms with E-state index >= 15 is 0 Å². The second-order valence-corrected chi connectivity index (χ2v) is 7.66. The van der Waals surface area contributed by atoms with Gasteiger partial charge in [0.05, 0.1) is 5.39 Å². The average molecular weight is 391 g/mol. The molecule has 4 rings (SSSR count). The Morgan fingerprint density at radius 1 is 1.35 bits per heavy atom. The molecule has 2 aromatic heterocycles. The molecule has 2 heterocycles. The van der Waals surface area contributed by atoms with Crippen LogP contribution in [-0.2, 0) is 24.2 Å². The second kappa shape index (κ2) is 6.74. The Bertz CT molecular complexity index is 1070. The van der Waals surface area contributed by atoms with Crippen molar-refractivity contribution < 1.29 is 14.6 Å². The number of nitrogens with zero attached hydrogens (tertiary/aromatic N) is 1. The number of aryl methyl sites for hydroxylation is 2.